The molecule has 0 radical (unpaired) electrons. The van der Waals surface area contributed by atoms with E-state index in [1.165, 1.54) is 70.3 Å². The number of carbonyl (C=O) groups is 1. The Balaban J connectivity index is 4.12. The Kier molecular flexibility index (Phi) is 29.1. The maximum Gasteiger partial charge on any atom is 0.267 e. The van der Waals surface area contributed by atoms with Gasteiger partial charge < -0.3 is 10.4 Å². The minimum Gasteiger partial charge on any atom is -0.387 e. The van der Waals surface area contributed by atoms with Crippen LogP contribution in [0.1, 0.15) is 155 Å². The monoisotopic (exact) mass is 623 g/mol. The molecule has 0 saturated carbocycles. The predicted molar refractivity (Wildman–Crippen MR) is 184 cm³/mol. The number of hydrogen-bond donors (Lipinski definition) is 3. The molecule has 0 aliphatic carbocycles. The van der Waals surface area contributed by atoms with Crippen LogP contribution in [0.15, 0.2) is 48.6 Å². The normalized spacial score (nSPS) is 14.0. The lowest BCUT2D eigenvalue weighted by Crippen LogP contribution is -2.46. The Hall–Kier alpha value is -1.70. The van der Waals surface area contributed by atoms with Gasteiger partial charge in [0, 0.05) is 6.42 Å². The van der Waals surface area contributed by atoms with E-state index in [4.69, 9.17) is 0 Å². The first-order valence-corrected chi connectivity index (χ1v) is 18.9. The van der Waals surface area contributed by atoms with Crippen molar-refractivity contribution in [3.05, 3.63) is 48.6 Å². The summed E-state index contributed by atoms with van der Waals surface area (Å²) in [7, 11) is -4.35. The first-order chi connectivity index (χ1) is 20.8. The predicted octanol–water partition coefficient (Wildman–Crippen LogP) is 9.57. The van der Waals surface area contributed by atoms with E-state index < -0.39 is 28.0 Å². The molecule has 1 amide bonds. The molecule has 0 aliphatic rings. The van der Waals surface area contributed by atoms with E-state index in [-0.39, 0.29) is 12.3 Å². The van der Waals surface area contributed by atoms with Crippen molar-refractivity contribution in [2.45, 2.75) is 167 Å². The molecule has 6 nitrogen and oxygen atoms in total. The van der Waals surface area contributed by atoms with Crippen LogP contribution in [0.3, 0.4) is 0 Å². The lowest BCUT2D eigenvalue weighted by atomic mass is 10.1. The smallest absolute Gasteiger partial charge is 0.267 e. The van der Waals surface area contributed by atoms with Gasteiger partial charge in [0.05, 0.1) is 17.9 Å². The summed E-state index contributed by atoms with van der Waals surface area (Å²) in [6.45, 7) is 4.45. The van der Waals surface area contributed by atoms with Crippen LogP contribution in [-0.2, 0) is 14.9 Å². The third-order valence-electron chi connectivity index (χ3n) is 7.46. The summed E-state index contributed by atoms with van der Waals surface area (Å²) in [4.78, 5) is 12.4. The summed E-state index contributed by atoms with van der Waals surface area (Å²) in [5.74, 6) is -1.02. The quantitative estimate of drug-likeness (QED) is 0.0420. The highest BCUT2D eigenvalue weighted by molar-refractivity contribution is 7.85. The van der Waals surface area contributed by atoms with Gasteiger partial charge in [-0.1, -0.05) is 127 Å². The summed E-state index contributed by atoms with van der Waals surface area (Å²) in [5, 5.41) is 13.1. The van der Waals surface area contributed by atoms with Gasteiger partial charge in [0.25, 0.3) is 10.1 Å². The van der Waals surface area contributed by atoms with Gasteiger partial charge in [0.2, 0.25) is 5.91 Å². The second-order valence-electron chi connectivity index (χ2n) is 11.8. The number of aliphatic hydroxyl groups is 1. The van der Waals surface area contributed by atoms with E-state index in [0.29, 0.717) is 12.8 Å². The summed E-state index contributed by atoms with van der Waals surface area (Å²) >= 11 is 0. The van der Waals surface area contributed by atoms with Crippen LogP contribution in [0, 0.1) is 0 Å². The van der Waals surface area contributed by atoms with Crippen LogP contribution >= 0.6 is 0 Å². The number of carbonyl (C=O) groups excluding carboxylic acids is 1. The topological polar surface area (TPSA) is 104 Å². The fourth-order valence-corrected chi connectivity index (χ4v) is 5.56. The molecule has 0 aromatic rings. The fraction of sp³-hybridized carbons (Fsp3) is 0.750. The molecule has 0 aromatic carbocycles. The zero-order valence-electron chi connectivity index (χ0n) is 27.6. The molecule has 2 unspecified atom stereocenters. The maximum atomic E-state index is 12.4. The molecule has 0 aliphatic heterocycles. The molecule has 0 heterocycles. The number of hydrogen-bond acceptors (Lipinski definition) is 4. The molecule has 43 heavy (non-hydrogen) atoms. The minimum absolute atomic E-state index is 0.273. The van der Waals surface area contributed by atoms with Crippen LogP contribution in [0.2, 0.25) is 0 Å². The molecule has 2 atom stereocenters. The van der Waals surface area contributed by atoms with Gasteiger partial charge in [-0.25, -0.2) is 0 Å². The van der Waals surface area contributed by atoms with Crippen molar-refractivity contribution in [1.29, 1.82) is 0 Å². The number of rotatable bonds is 30. The second kappa shape index (κ2) is 30.3. The first-order valence-electron chi connectivity index (χ1n) is 17.3. The van der Waals surface area contributed by atoms with Crippen LogP contribution in [0.4, 0.5) is 0 Å². The largest absolute Gasteiger partial charge is 0.387 e. The first kappa shape index (κ1) is 41.3. The lowest BCUT2D eigenvalue weighted by molar-refractivity contribution is -0.122. The Morgan fingerprint density at radius 2 is 1.00 bits per heavy atom. The highest BCUT2D eigenvalue weighted by Gasteiger charge is 2.24. The van der Waals surface area contributed by atoms with Gasteiger partial charge in [0.1, 0.15) is 0 Å². The molecule has 0 rings (SSSR count). The summed E-state index contributed by atoms with van der Waals surface area (Å²) in [5.41, 5.74) is 0. The highest BCUT2D eigenvalue weighted by Crippen LogP contribution is 2.11. The van der Waals surface area contributed by atoms with E-state index in [1.807, 2.05) is 0 Å². The average Bonchev–Trinajstić information content (AvgIpc) is 2.96. The number of nitrogens with one attached hydrogen (secondary N) is 1. The van der Waals surface area contributed by atoms with Crippen LogP contribution in [-0.4, -0.2) is 41.9 Å². The van der Waals surface area contributed by atoms with Gasteiger partial charge in [0.15, 0.2) is 0 Å². The number of amides is 1. The highest BCUT2D eigenvalue weighted by atomic mass is 32.2. The molecule has 0 spiro atoms. The average molecular weight is 624 g/mol. The minimum atomic E-state index is -4.35. The lowest BCUT2D eigenvalue weighted by Gasteiger charge is -2.21. The van der Waals surface area contributed by atoms with Crippen molar-refractivity contribution in [3.63, 3.8) is 0 Å². The Labute approximate surface area is 265 Å². The standard InChI is InChI=1S/C36H65NO5S/c1-3-5-7-9-11-13-15-17-18-20-22-24-26-28-30-32-36(39)37-34(33-43(40,41)42)35(38)31-29-27-25-23-21-19-16-14-12-10-8-6-4-2/h12,14,17-18,21,23,29,31,34-35,38H,3-11,13,15-16,19-20,22,24-28,30,32-33H2,1-2H3,(H,37,39)(H,40,41,42)/b14-12+,18-17-,23-21+,31-29+. The molecule has 7 heteroatoms. The van der Waals surface area contributed by atoms with E-state index in [1.54, 1.807) is 6.08 Å². The summed E-state index contributed by atoms with van der Waals surface area (Å²) in [6.07, 6.45) is 39.5. The van der Waals surface area contributed by atoms with Crippen molar-refractivity contribution in [2.24, 2.45) is 0 Å². The van der Waals surface area contributed by atoms with E-state index in [9.17, 15) is 22.9 Å². The molecule has 0 fully saturated rings. The Bertz CT molecular complexity index is 863. The van der Waals surface area contributed by atoms with E-state index in [2.05, 4.69) is 55.6 Å². The molecule has 3 N–H and O–H groups in total. The molecule has 0 bridgehead atoms. The van der Waals surface area contributed by atoms with Gasteiger partial charge in [-0.05, 0) is 70.6 Å². The van der Waals surface area contributed by atoms with Crippen LogP contribution < -0.4 is 5.32 Å². The van der Waals surface area contributed by atoms with E-state index in [0.717, 1.165) is 57.8 Å². The van der Waals surface area contributed by atoms with Crippen molar-refractivity contribution in [1.82, 2.24) is 5.32 Å². The third kappa shape index (κ3) is 31.5. The molecule has 0 saturated heterocycles. The zero-order valence-corrected chi connectivity index (χ0v) is 28.4. The zero-order chi connectivity index (χ0) is 31.9. The van der Waals surface area contributed by atoms with Crippen LogP contribution in [0.5, 0.6) is 0 Å². The second-order valence-corrected chi connectivity index (χ2v) is 13.3. The van der Waals surface area contributed by atoms with Crippen molar-refractivity contribution in [2.75, 3.05) is 5.75 Å². The molecule has 250 valence electrons. The Morgan fingerprint density at radius 1 is 0.605 bits per heavy atom. The maximum absolute atomic E-state index is 12.4. The Morgan fingerprint density at radius 3 is 1.51 bits per heavy atom. The van der Waals surface area contributed by atoms with Crippen molar-refractivity contribution < 1.29 is 22.9 Å². The SMILES string of the molecule is CCCCC/C=C/CC/C=C/CC/C=C/C(O)C(CS(=O)(=O)O)NC(=O)CCCCCCC/C=C\CCCCCCCC. The van der Waals surface area contributed by atoms with Gasteiger partial charge >= 0.3 is 0 Å². The number of unbranched alkanes of at least 4 members (excludes halogenated alkanes) is 16. The van der Waals surface area contributed by atoms with Crippen molar-refractivity contribution >= 4 is 16.0 Å². The van der Waals surface area contributed by atoms with Gasteiger partial charge in [-0.3, -0.25) is 9.35 Å². The molecular formula is C36H65NO5S. The van der Waals surface area contributed by atoms with E-state index >= 15 is 0 Å². The number of allylic oxidation sites excluding steroid dienone is 7. The van der Waals surface area contributed by atoms with Crippen molar-refractivity contribution in [3.8, 4) is 0 Å². The fourth-order valence-electron chi connectivity index (χ4n) is 4.83. The molecule has 0 aromatic heterocycles. The van der Waals surface area contributed by atoms with Gasteiger partial charge in [-0.15, -0.1) is 0 Å². The third-order valence-corrected chi connectivity index (χ3v) is 8.24. The summed E-state index contributed by atoms with van der Waals surface area (Å²) in [6, 6.07) is -1.08. The van der Waals surface area contributed by atoms with Gasteiger partial charge in [-0.2, -0.15) is 8.42 Å². The summed E-state index contributed by atoms with van der Waals surface area (Å²) < 4.78 is 32.3. The molecular weight excluding hydrogens is 558 g/mol. The number of aliphatic hydroxyl groups excluding tert-OH is 1. The van der Waals surface area contributed by atoms with Crippen LogP contribution in [0.25, 0.3) is 0 Å².